The summed E-state index contributed by atoms with van der Waals surface area (Å²) in [5.74, 6) is 1.56. The minimum absolute atomic E-state index is 0.221. The lowest BCUT2D eigenvalue weighted by Crippen LogP contribution is -2.04. The van der Waals surface area contributed by atoms with Crippen LogP contribution in [-0.4, -0.2) is 25.1 Å². The van der Waals surface area contributed by atoms with E-state index in [1.807, 2.05) is 12.1 Å². The lowest BCUT2D eigenvalue weighted by Gasteiger charge is -2.05. The van der Waals surface area contributed by atoms with E-state index in [2.05, 4.69) is 0 Å². The number of carbonyl (C=O) groups is 1. The fourth-order valence-electron chi connectivity index (χ4n) is 2.11. The molecule has 0 spiro atoms. The molecule has 0 saturated carbocycles. The van der Waals surface area contributed by atoms with Crippen LogP contribution in [0.4, 0.5) is 0 Å². The van der Waals surface area contributed by atoms with Crippen molar-refractivity contribution in [2.75, 3.05) is 19.2 Å². The van der Waals surface area contributed by atoms with E-state index in [1.165, 1.54) is 17.8 Å². The highest BCUT2D eigenvalue weighted by atomic mass is 35.5. The first-order chi connectivity index (χ1) is 12.1. The Morgan fingerprint density at radius 1 is 1.16 bits per heavy atom. The van der Waals surface area contributed by atoms with Crippen LogP contribution >= 0.6 is 35.0 Å². The van der Waals surface area contributed by atoms with Gasteiger partial charge in [-0.2, -0.15) is 0 Å². The molecule has 0 amide bonds. The van der Waals surface area contributed by atoms with Gasteiger partial charge >= 0.3 is 5.97 Å². The van der Waals surface area contributed by atoms with E-state index < -0.39 is 5.97 Å². The van der Waals surface area contributed by atoms with Crippen LogP contribution in [0.5, 0.6) is 11.5 Å². The largest absolute Gasteiger partial charge is 0.462 e. The van der Waals surface area contributed by atoms with Crippen LogP contribution < -0.4 is 9.47 Å². The van der Waals surface area contributed by atoms with Crippen molar-refractivity contribution in [2.24, 2.45) is 0 Å². The second-order valence-corrected chi connectivity index (χ2v) is 7.02. The molecule has 0 bridgehead atoms. The average molecular weight is 397 g/mol. The average Bonchev–Trinajstić information content (AvgIpc) is 3.07. The van der Waals surface area contributed by atoms with Gasteiger partial charge in [0.2, 0.25) is 6.79 Å². The molecule has 3 rings (SSSR count). The number of thioether (sulfide) groups is 1. The van der Waals surface area contributed by atoms with Gasteiger partial charge in [0.1, 0.15) is 6.61 Å². The third-order valence-electron chi connectivity index (χ3n) is 3.29. The van der Waals surface area contributed by atoms with Gasteiger partial charge in [0.05, 0.1) is 5.02 Å². The minimum Gasteiger partial charge on any atom is -0.462 e. The molecule has 130 valence electrons. The zero-order chi connectivity index (χ0) is 17.6. The van der Waals surface area contributed by atoms with E-state index in [0.29, 0.717) is 27.3 Å². The SMILES string of the molecule is O=C(/C=C/c1ccc2c(c1)OCO2)OCCSc1cc(Cl)ccc1Cl. The fourth-order valence-corrected chi connectivity index (χ4v) is 3.43. The number of halogens is 2. The van der Waals surface area contributed by atoms with Gasteiger partial charge in [0.15, 0.2) is 11.5 Å². The van der Waals surface area contributed by atoms with E-state index in [9.17, 15) is 4.79 Å². The highest BCUT2D eigenvalue weighted by molar-refractivity contribution is 7.99. The van der Waals surface area contributed by atoms with Gasteiger partial charge in [0.25, 0.3) is 0 Å². The van der Waals surface area contributed by atoms with E-state index in [4.69, 9.17) is 37.4 Å². The molecule has 0 aliphatic carbocycles. The van der Waals surface area contributed by atoms with Gasteiger partial charge in [-0.15, -0.1) is 11.8 Å². The summed E-state index contributed by atoms with van der Waals surface area (Å²) in [5, 5.41) is 1.25. The minimum atomic E-state index is -0.407. The molecule has 0 unspecified atom stereocenters. The Labute approximate surface area is 159 Å². The third kappa shape index (κ3) is 5.08. The van der Waals surface area contributed by atoms with Gasteiger partial charge in [-0.25, -0.2) is 4.79 Å². The summed E-state index contributed by atoms with van der Waals surface area (Å²) >= 11 is 13.5. The maximum atomic E-state index is 11.8. The number of rotatable bonds is 6. The summed E-state index contributed by atoms with van der Waals surface area (Å²) in [6.07, 6.45) is 3.06. The Kier molecular flexibility index (Phi) is 6.13. The van der Waals surface area contributed by atoms with Crippen molar-refractivity contribution in [2.45, 2.75) is 4.90 Å². The van der Waals surface area contributed by atoms with Crippen molar-refractivity contribution in [3.8, 4) is 11.5 Å². The predicted molar refractivity (Wildman–Crippen MR) is 99.7 cm³/mol. The summed E-state index contributed by atoms with van der Waals surface area (Å²) in [6, 6.07) is 10.7. The van der Waals surface area contributed by atoms with Crippen molar-refractivity contribution in [1.82, 2.24) is 0 Å². The summed E-state index contributed by atoms with van der Waals surface area (Å²) in [5.41, 5.74) is 0.835. The van der Waals surface area contributed by atoms with Crippen LogP contribution in [0.25, 0.3) is 6.08 Å². The predicted octanol–water partition coefficient (Wildman–Crippen LogP) is 5.07. The first kappa shape index (κ1) is 18.0. The lowest BCUT2D eigenvalue weighted by molar-refractivity contribution is -0.137. The second kappa shape index (κ2) is 8.52. The molecular weight excluding hydrogens is 383 g/mol. The molecule has 2 aromatic carbocycles. The summed E-state index contributed by atoms with van der Waals surface area (Å²) in [6.45, 7) is 0.497. The smallest absolute Gasteiger partial charge is 0.330 e. The Morgan fingerprint density at radius 3 is 2.88 bits per heavy atom. The Balaban J connectivity index is 1.44. The molecule has 1 aliphatic heterocycles. The van der Waals surface area contributed by atoms with Crippen molar-refractivity contribution in [3.05, 3.63) is 58.1 Å². The third-order valence-corrected chi connectivity index (χ3v) is 4.98. The van der Waals surface area contributed by atoms with Gasteiger partial charge in [-0.1, -0.05) is 29.3 Å². The molecule has 0 radical (unpaired) electrons. The number of esters is 1. The van der Waals surface area contributed by atoms with Gasteiger partial charge in [-0.05, 0) is 42.0 Å². The van der Waals surface area contributed by atoms with Crippen molar-refractivity contribution >= 4 is 47.0 Å². The highest BCUT2D eigenvalue weighted by Gasteiger charge is 2.12. The first-order valence-electron chi connectivity index (χ1n) is 7.44. The van der Waals surface area contributed by atoms with Crippen LogP contribution in [-0.2, 0) is 9.53 Å². The van der Waals surface area contributed by atoms with Crippen molar-refractivity contribution in [3.63, 3.8) is 0 Å². The van der Waals surface area contributed by atoms with Gasteiger partial charge < -0.3 is 14.2 Å². The highest BCUT2D eigenvalue weighted by Crippen LogP contribution is 2.33. The van der Waals surface area contributed by atoms with Crippen molar-refractivity contribution in [1.29, 1.82) is 0 Å². The summed E-state index contributed by atoms with van der Waals surface area (Å²) in [7, 11) is 0. The topological polar surface area (TPSA) is 44.8 Å². The number of fused-ring (bicyclic) bond motifs is 1. The summed E-state index contributed by atoms with van der Waals surface area (Å²) in [4.78, 5) is 12.6. The molecule has 7 heteroatoms. The van der Waals surface area contributed by atoms with E-state index in [-0.39, 0.29) is 13.4 Å². The number of carbonyl (C=O) groups excluding carboxylic acids is 1. The maximum absolute atomic E-state index is 11.8. The van der Waals surface area contributed by atoms with Crippen LogP contribution in [0.1, 0.15) is 5.56 Å². The summed E-state index contributed by atoms with van der Waals surface area (Å²) < 4.78 is 15.7. The molecule has 2 aromatic rings. The Morgan fingerprint density at radius 2 is 2.00 bits per heavy atom. The van der Waals surface area contributed by atoms with Crippen LogP contribution in [0.3, 0.4) is 0 Å². The molecule has 0 atom stereocenters. The molecule has 0 saturated heterocycles. The fraction of sp³-hybridized carbons (Fsp3) is 0.167. The Bertz CT molecular complexity index is 808. The van der Waals surface area contributed by atoms with E-state index in [1.54, 1.807) is 30.3 Å². The van der Waals surface area contributed by atoms with E-state index in [0.717, 1.165) is 10.5 Å². The number of ether oxygens (including phenoxy) is 3. The molecule has 4 nitrogen and oxygen atoms in total. The van der Waals surface area contributed by atoms with Crippen molar-refractivity contribution < 1.29 is 19.0 Å². The van der Waals surface area contributed by atoms with Crippen LogP contribution in [0.15, 0.2) is 47.4 Å². The molecule has 0 N–H and O–H groups in total. The molecule has 25 heavy (non-hydrogen) atoms. The maximum Gasteiger partial charge on any atom is 0.330 e. The van der Waals surface area contributed by atoms with E-state index >= 15 is 0 Å². The standard InChI is InChI=1S/C18H14Cl2O4S/c19-13-3-4-14(20)17(10-13)25-8-7-22-18(21)6-2-12-1-5-15-16(9-12)24-11-23-15/h1-6,9-10H,7-8,11H2/b6-2+. The number of hydrogen-bond donors (Lipinski definition) is 0. The Hall–Kier alpha value is -1.82. The molecule has 0 fully saturated rings. The first-order valence-corrected chi connectivity index (χ1v) is 9.18. The molecule has 1 aliphatic rings. The lowest BCUT2D eigenvalue weighted by atomic mass is 10.2. The number of benzene rings is 2. The molecule has 0 aromatic heterocycles. The molecule has 1 heterocycles. The quantitative estimate of drug-likeness (QED) is 0.295. The second-order valence-electron chi connectivity index (χ2n) is 5.04. The van der Waals surface area contributed by atoms with Gasteiger partial charge in [0, 0.05) is 21.7 Å². The molecular formula is C18H14Cl2O4S. The van der Waals surface area contributed by atoms with Crippen LogP contribution in [0.2, 0.25) is 10.0 Å². The zero-order valence-corrected chi connectivity index (χ0v) is 15.4. The van der Waals surface area contributed by atoms with Gasteiger partial charge in [-0.3, -0.25) is 0 Å². The zero-order valence-electron chi connectivity index (χ0n) is 13.0. The number of hydrogen-bond acceptors (Lipinski definition) is 5. The normalized spacial score (nSPS) is 12.6. The monoisotopic (exact) mass is 396 g/mol. The van der Waals surface area contributed by atoms with Crippen LogP contribution in [0, 0.1) is 0 Å².